The minimum atomic E-state index is 0.416. The Balaban J connectivity index is 1.66. The number of nitrogens with zero attached hydrogens (tertiary/aromatic N) is 1. The van der Waals surface area contributed by atoms with E-state index in [1.54, 1.807) is 13.3 Å². The van der Waals surface area contributed by atoms with E-state index in [2.05, 4.69) is 34.0 Å². The summed E-state index contributed by atoms with van der Waals surface area (Å²) in [5.41, 5.74) is 4.70. The molecular formula is C19H17N3OS. The molecule has 24 heavy (non-hydrogen) atoms. The fraction of sp³-hybridized carbons (Fsp3) is 0.0526. The van der Waals surface area contributed by atoms with Gasteiger partial charge in [-0.25, -0.2) is 0 Å². The van der Waals surface area contributed by atoms with Crippen LogP contribution in [0.1, 0.15) is 5.56 Å². The number of ether oxygens (including phenoxy) is 1. The minimum absolute atomic E-state index is 0.416. The maximum atomic E-state index is 5.25. The van der Waals surface area contributed by atoms with Gasteiger partial charge in [-0.2, -0.15) is 5.10 Å². The standard InChI is InChI=1S/C19H17N3OS/c1-23-17-10-5-9-16(12-17)21-19(24)22-20-13-15-8-4-7-14-6-2-3-11-18(14)15/h2-13H,1H3,(H2,21,22,24)/b20-13-. The minimum Gasteiger partial charge on any atom is -0.497 e. The van der Waals surface area contributed by atoms with Crippen LogP contribution in [-0.2, 0) is 0 Å². The van der Waals surface area contributed by atoms with Gasteiger partial charge in [0.25, 0.3) is 0 Å². The highest BCUT2D eigenvalue weighted by Crippen LogP contribution is 2.17. The molecule has 4 nitrogen and oxygen atoms in total. The molecule has 0 heterocycles. The summed E-state index contributed by atoms with van der Waals surface area (Å²) < 4.78 is 5.18. The molecule has 0 bridgehead atoms. The van der Waals surface area contributed by atoms with Crippen LogP contribution in [0.15, 0.2) is 71.8 Å². The Morgan fingerprint density at radius 3 is 2.71 bits per heavy atom. The highest BCUT2D eigenvalue weighted by Gasteiger charge is 1.99. The lowest BCUT2D eigenvalue weighted by Gasteiger charge is -2.08. The van der Waals surface area contributed by atoms with Gasteiger partial charge in [0.05, 0.1) is 13.3 Å². The third kappa shape index (κ3) is 3.88. The number of rotatable bonds is 4. The second kappa shape index (κ2) is 7.57. The number of benzene rings is 3. The molecule has 0 fully saturated rings. The Bertz CT molecular complexity index is 887. The third-order valence-corrected chi connectivity index (χ3v) is 3.71. The summed E-state index contributed by atoms with van der Waals surface area (Å²) in [6.07, 6.45) is 1.77. The Kier molecular flexibility index (Phi) is 5.03. The van der Waals surface area contributed by atoms with Gasteiger partial charge >= 0.3 is 0 Å². The molecule has 0 aromatic heterocycles. The van der Waals surface area contributed by atoms with Crippen LogP contribution in [0.3, 0.4) is 0 Å². The number of hydrogen-bond acceptors (Lipinski definition) is 3. The highest BCUT2D eigenvalue weighted by atomic mass is 32.1. The van der Waals surface area contributed by atoms with Gasteiger partial charge in [-0.15, -0.1) is 0 Å². The molecule has 0 radical (unpaired) electrons. The molecular weight excluding hydrogens is 318 g/mol. The van der Waals surface area contributed by atoms with Crippen molar-refractivity contribution < 1.29 is 4.74 Å². The van der Waals surface area contributed by atoms with Gasteiger partial charge in [-0.05, 0) is 35.1 Å². The number of fused-ring (bicyclic) bond motifs is 1. The van der Waals surface area contributed by atoms with Crippen molar-refractivity contribution in [2.75, 3.05) is 12.4 Å². The number of anilines is 1. The second-order valence-corrected chi connectivity index (χ2v) is 5.53. The van der Waals surface area contributed by atoms with Crippen molar-refractivity contribution in [3.8, 4) is 5.75 Å². The average Bonchev–Trinajstić information content (AvgIpc) is 2.62. The number of methoxy groups -OCH3 is 1. The van der Waals surface area contributed by atoms with E-state index in [4.69, 9.17) is 17.0 Å². The van der Waals surface area contributed by atoms with Crippen LogP contribution in [0.2, 0.25) is 0 Å². The molecule has 0 spiro atoms. The van der Waals surface area contributed by atoms with Gasteiger partial charge in [0.2, 0.25) is 0 Å². The number of thiocarbonyl (C=S) groups is 1. The van der Waals surface area contributed by atoms with E-state index < -0.39 is 0 Å². The molecule has 120 valence electrons. The number of hydrazone groups is 1. The SMILES string of the molecule is COc1cccc(NC(=S)N/N=C\c2cccc3ccccc23)c1. The maximum absolute atomic E-state index is 5.25. The van der Waals surface area contributed by atoms with Crippen molar-refractivity contribution in [3.05, 3.63) is 72.3 Å². The van der Waals surface area contributed by atoms with Gasteiger partial charge in [0.15, 0.2) is 5.11 Å². The van der Waals surface area contributed by atoms with Gasteiger partial charge in [-0.1, -0.05) is 48.5 Å². The van der Waals surface area contributed by atoms with Crippen molar-refractivity contribution in [1.29, 1.82) is 0 Å². The van der Waals surface area contributed by atoms with E-state index in [1.165, 1.54) is 5.39 Å². The molecule has 3 rings (SSSR count). The zero-order chi connectivity index (χ0) is 16.8. The third-order valence-electron chi connectivity index (χ3n) is 3.52. The molecule has 0 aliphatic rings. The summed E-state index contributed by atoms with van der Waals surface area (Å²) in [5, 5.41) is 10.0. The molecule has 3 aromatic carbocycles. The van der Waals surface area contributed by atoms with Crippen LogP contribution in [0.5, 0.6) is 5.75 Å². The summed E-state index contributed by atoms with van der Waals surface area (Å²) in [6, 6.07) is 21.8. The molecule has 0 atom stereocenters. The summed E-state index contributed by atoms with van der Waals surface area (Å²) in [7, 11) is 1.63. The van der Waals surface area contributed by atoms with Gasteiger partial charge in [-0.3, -0.25) is 5.43 Å². The van der Waals surface area contributed by atoms with Crippen molar-refractivity contribution >= 4 is 40.0 Å². The quantitative estimate of drug-likeness (QED) is 0.427. The summed E-state index contributed by atoms with van der Waals surface area (Å²) >= 11 is 5.25. The van der Waals surface area contributed by atoms with Gasteiger partial charge in [0, 0.05) is 17.3 Å². The van der Waals surface area contributed by atoms with Crippen molar-refractivity contribution in [1.82, 2.24) is 5.43 Å². The van der Waals surface area contributed by atoms with Crippen LogP contribution < -0.4 is 15.5 Å². The lowest BCUT2D eigenvalue weighted by atomic mass is 10.1. The van der Waals surface area contributed by atoms with Crippen LogP contribution >= 0.6 is 12.2 Å². The van der Waals surface area contributed by atoms with Crippen molar-refractivity contribution in [3.63, 3.8) is 0 Å². The van der Waals surface area contributed by atoms with Crippen LogP contribution in [0.4, 0.5) is 5.69 Å². The first kappa shape index (κ1) is 16.0. The van der Waals surface area contributed by atoms with Crippen molar-refractivity contribution in [2.45, 2.75) is 0 Å². The predicted octanol–water partition coefficient (Wildman–Crippen LogP) is 4.17. The van der Waals surface area contributed by atoms with E-state index in [0.29, 0.717) is 5.11 Å². The molecule has 3 aromatic rings. The predicted molar refractivity (Wildman–Crippen MR) is 104 cm³/mol. The summed E-state index contributed by atoms with van der Waals surface area (Å²) in [5.74, 6) is 0.766. The first-order chi connectivity index (χ1) is 11.8. The summed E-state index contributed by atoms with van der Waals surface area (Å²) in [4.78, 5) is 0. The van der Waals surface area contributed by atoms with E-state index >= 15 is 0 Å². The van der Waals surface area contributed by atoms with E-state index in [1.807, 2.05) is 48.5 Å². The molecule has 5 heteroatoms. The van der Waals surface area contributed by atoms with Gasteiger partial charge in [0.1, 0.15) is 5.75 Å². The Hall–Kier alpha value is -2.92. The largest absolute Gasteiger partial charge is 0.497 e. The van der Waals surface area contributed by atoms with Crippen LogP contribution in [0, 0.1) is 0 Å². The lowest BCUT2D eigenvalue weighted by molar-refractivity contribution is 0.415. The summed E-state index contributed by atoms with van der Waals surface area (Å²) in [6.45, 7) is 0. The van der Waals surface area contributed by atoms with Crippen LogP contribution in [-0.4, -0.2) is 18.4 Å². The molecule has 0 unspecified atom stereocenters. The Labute approximate surface area is 146 Å². The van der Waals surface area contributed by atoms with E-state index in [9.17, 15) is 0 Å². The zero-order valence-corrected chi connectivity index (χ0v) is 14.0. The molecule has 0 saturated carbocycles. The lowest BCUT2D eigenvalue weighted by Crippen LogP contribution is -2.23. The fourth-order valence-electron chi connectivity index (χ4n) is 2.38. The molecule has 0 aliphatic carbocycles. The monoisotopic (exact) mass is 335 g/mol. The Morgan fingerprint density at radius 1 is 1.04 bits per heavy atom. The second-order valence-electron chi connectivity index (χ2n) is 5.12. The molecule has 0 saturated heterocycles. The Morgan fingerprint density at radius 2 is 1.83 bits per heavy atom. The fourth-order valence-corrected chi connectivity index (χ4v) is 2.55. The molecule has 0 amide bonds. The normalized spacial score (nSPS) is 10.7. The van der Waals surface area contributed by atoms with E-state index in [-0.39, 0.29) is 0 Å². The molecule has 0 aliphatic heterocycles. The van der Waals surface area contributed by atoms with Crippen LogP contribution in [0.25, 0.3) is 10.8 Å². The van der Waals surface area contributed by atoms with Crippen molar-refractivity contribution in [2.24, 2.45) is 5.10 Å². The smallest absolute Gasteiger partial charge is 0.191 e. The first-order valence-corrected chi connectivity index (χ1v) is 7.89. The van der Waals surface area contributed by atoms with E-state index in [0.717, 1.165) is 22.4 Å². The average molecular weight is 335 g/mol. The number of hydrogen-bond donors (Lipinski definition) is 2. The van der Waals surface area contributed by atoms with Gasteiger partial charge < -0.3 is 10.1 Å². The number of nitrogens with one attached hydrogen (secondary N) is 2. The first-order valence-electron chi connectivity index (χ1n) is 7.48. The molecule has 2 N–H and O–H groups in total. The highest BCUT2D eigenvalue weighted by molar-refractivity contribution is 7.80. The maximum Gasteiger partial charge on any atom is 0.191 e. The zero-order valence-electron chi connectivity index (χ0n) is 13.2. The topological polar surface area (TPSA) is 45.6 Å².